The fraction of sp³-hybridized carbons (Fsp3) is 0.366. The molecule has 6 N–H and O–H groups in total. The number of carbonyl (C=O) groups excluding carboxylic acids is 1. The summed E-state index contributed by atoms with van der Waals surface area (Å²) in [5.74, 6) is 0.640. The largest absolute Gasteiger partial charge is 0.506 e. The lowest BCUT2D eigenvalue weighted by Gasteiger charge is -2.50. The summed E-state index contributed by atoms with van der Waals surface area (Å²) < 4.78 is 11.6. The van der Waals surface area contributed by atoms with E-state index in [4.69, 9.17) is 9.15 Å². The zero-order valence-electron chi connectivity index (χ0n) is 30.4. The van der Waals surface area contributed by atoms with Crippen LogP contribution in [0.1, 0.15) is 70.9 Å². The van der Waals surface area contributed by atoms with Gasteiger partial charge in [-0.1, -0.05) is 48.5 Å². The van der Waals surface area contributed by atoms with Gasteiger partial charge < -0.3 is 45.0 Å². The second-order valence-corrected chi connectivity index (χ2v) is 14.2. The molecule has 3 aromatic carbocycles. The monoisotopic (exact) mass is 750 g/mol. The number of aromatic hydroxyl groups is 1. The summed E-state index contributed by atoms with van der Waals surface area (Å²) in [6, 6.07) is 22.5. The Hall–Kier alpha value is -5.70. The second-order valence-electron chi connectivity index (χ2n) is 14.2. The first-order chi connectivity index (χ1) is 26.7. The fourth-order valence-corrected chi connectivity index (χ4v) is 7.81. The van der Waals surface area contributed by atoms with Gasteiger partial charge in [-0.05, 0) is 92.2 Å². The van der Waals surface area contributed by atoms with Gasteiger partial charge in [-0.2, -0.15) is 0 Å². The minimum atomic E-state index is -0.946. The van der Waals surface area contributed by atoms with E-state index in [0.717, 1.165) is 50.0 Å². The highest BCUT2D eigenvalue weighted by Gasteiger charge is 2.43. The molecule has 0 saturated carbocycles. The number of nitrogens with zero attached hydrogens (tertiary/aromatic N) is 3. The molecule has 14 heteroatoms. The standard InChI is InChI=1S/C41H46N6O8/c48-34-13-11-30(31-12-14-36(50)45-38(31)34)35(49)22-42-17-4-5-18-43-40(51)32-24-55-37(44-32)25-54-29-10-6-9-28(21-29)39(27-7-2-1-3-8-27)47(41(52)53)33-23-46-19-15-26(33)16-20-46/h1-3,6-14,21,24,26,33,35,39,42,48-49H,4-5,15-20,22-23,25H2,(H,43,51)(H,45,50)(H,52,53)/t33?,35?,39-/m0/s1. The van der Waals surface area contributed by atoms with Crippen molar-refractivity contribution in [2.24, 2.45) is 5.92 Å². The van der Waals surface area contributed by atoms with Crippen LogP contribution in [0.2, 0.25) is 0 Å². The molecule has 2 bridgehead atoms. The topological polar surface area (TPSA) is 193 Å². The van der Waals surface area contributed by atoms with E-state index in [1.54, 1.807) is 23.1 Å². The van der Waals surface area contributed by atoms with Crippen LogP contribution in [0.15, 0.2) is 94.3 Å². The molecule has 3 atom stereocenters. The van der Waals surface area contributed by atoms with Crippen molar-refractivity contribution < 1.29 is 34.1 Å². The number of benzene rings is 3. The maximum Gasteiger partial charge on any atom is 0.408 e. The van der Waals surface area contributed by atoms with E-state index >= 15 is 0 Å². The number of rotatable bonds is 16. The van der Waals surface area contributed by atoms with Gasteiger partial charge in [-0.3, -0.25) is 14.5 Å². The second kappa shape index (κ2) is 17.2. The Morgan fingerprint density at radius 2 is 1.78 bits per heavy atom. The molecule has 5 heterocycles. The first kappa shape index (κ1) is 37.6. The van der Waals surface area contributed by atoms with Crippen LogP contribution in [0.25, 0.3) is 10.9 Å². The number of H-pyrrole nitrogens is 1. The molecule has 2 amide bonds. The number of aromatic nitrogens is 2. The molecule has 3 aliphatic heterocycles. The summed E-state index contributed by atoms with van der Waals surface area (Å²) in [4.78, 5) is 48.3. The van der Waals surface area contributed by atoms with Crippen molar-refractivity contribution in [3.8, 4) is 11.5 Å². The summed E-state index contributed by atoms with van der Waals surface area (Å²) in [7, 11) is 0. The van der Waals surface area contributed by atoms with Crippen molar-refractivity contribution in [2.75, 3.05) is 39.3 Å². The van der Waals surface area contributed by atoms with Gasteiger partial charge in [-0.25, -0.2) is 9.78 Å². The maximum atomic E-state index is 13.0. The number of hydrogen-bond acceptors (Lipinski definition) is 10. The number of aliphatic hydroxyl groups is 1. The molecule has 3 aliphatic rings. The van der Waals surface area contributed by atoms with Crippen LogP contribution in [0.4, 0.5) is 4.79 Å². The Morgan fingerprint density at radius 3 is 2.55 bits per heavy atom. The molecule has 0 radical (unpaired) electrons. The lowest BCUT2D eigenvalue weighted by Crippen LogP contribution is -2.59. The van der Waals surface area contributed by atoms with Crippen LogP contribution in [-0.2, 0) is 6.61 Å². The Labute approximate surface area is 317 Å². The Balaban J connectivity index is 0.888. The van der Waals surface area contributed by atoms with E-state index in [1.165, 1.54) is 18.4 Å². The Morgan fingerprint density at radius 1 is 1.00 bits per heavy atom. The van der Waals surface area contributed by atoms with E-state index in [2.05, 4.69) is 25.5 Å². The highest BCUT2D eigenvalue weighted by molar-refractivity contribution is 5.91. The predicted molar refractivity (Wildman–Crippen MR) is 204 cm³/mol. The Bertz CT molecular complexity index is 2150. The third-order valence-corrected chi connectivity index (χ3v) is 10.6. The highest BCUT2D eigenvalue weighted by atomic mass is 16.5. The number of unbranched alkanes of at least 4 members (excludes halogenated alkanes) is 1. The summed E-state index contributed by atoms with van der Waals surface area (Å²) >= 11 is 0. The van der Waals surface area contributed by atoms with Gasteiger partial charge in [0.1, 0.15) is 17.8 Å². The zero-order chi connectivity index (χ0) is 38.3. The van der Waals surface area contributed by atoms with Crippen molar-refractivity contribution in [2.45, 2.75) is 50.5 Å². The number of nitrogens with one attached hydrogen (secondary N) is 3. The average molecular weight is 751 g/mol. The fourth-order valence-electron chi connectivity index (χ4n) is 7.81. The summed E-state index contributed by atoms with van der Waals surface area (Å²) in [5.41, 5.74) is 2.36. The molecule has 55 heavy (non-hydrogen) atoms. The number of oxazole rings is 1. The van der Waals surface area contributed by atoms with Crippen molar-refractivity contribution in [1.82, 2.24) is 30.4 Å². The number of amides is 2. The molecular formula is C41H46N6O8. The molecule has 3 fully saturated rings. The van der Waals surface area contributed by atoms with Crippen LogP contribution in [0.5, 0.6) is 11.5 Å². The van der Waals surface area contributed by atoms with Crippen molar-refractivity contribution >= 4 is 22.9 Å². The van der Waals surface area contributed by atoms with Crippen molar-refractivity contribution in [3.05, 3.63) is 124 Å². The zero-order valence-corrected chi connectivity index (χ0v) is 30.4. The first-order valence-corrected chi connectivity index (χ1v) is 18.7. The number of piperidine rings is 3. The number of aromatic amines is 1. The van der Waals surface area contributed by atoms with Crippen LogP contribution < -0.4 is 20.9 Å². The number of pyridine rings is 1. The third kappa shape index (κ3) is 8.83. The van der Waals surface area contributed by atoms with Crippen LogP contribution in [-0.4, -0.2) is 92.4 Å². The van der Waals surface area contributed by atoms with Gasteiger partial charge >= 0.3 is 6.09 Å². The van der Waals surface area contributed by atoms with E-state index in [-0.39, 0.29) is 53.5 Å². The predicted octanol–water partition coefficient (Wildman–Crippen LogP) is 4.80. The van der Waals surface area contributed by atoms with Crippen molar-refractivity contribution in [3.63, 3.8) is 0 Å². The van der Waals surface area contributed by atoms with E-state index in [9.17, 15) is 29.7 Å². The summed E-state index contributed by atoms with van der Waals surface area (Å²) in [5, 5.41) is 38.0. The number of fused-ring (bicyclic) bond motifs is 4. The minimum Gasteiger partial charge on any atom is -0.506 e. The van der Waals surface area contributed by atoms with Gasteiger partial charge in [0.15, 0.2) is 12.3 Å². The van der Waals surface area contributed by atoms with Crippen LogP contribution >= 0.6 is 0 Å². The SMILES string of the molecule is O=C(NCCCCNCC(O)c1ccc(O)c2[nH]c(=O)ccc12)c1coc(COc2cccc([C@H](c3ccccc3)N(C(=O)O)C3CN4CCC3CC4)c2)n1. The minimum absolute atomic E-state index is 0.0234. The summed E-state index contributed by atoms with van der Waals surface area (Å²) in [6.07, 6.45) is 2.91. The maximum absolute atomic E-state index is 13.0. The molecule has 8 rings (SSSR count). The number of ether oxygens (including phenoxy) is 1. The van der Waals surface area contributed by atoms with Crippen LogP contribution in [0.3, 0.4) is 0 Å². The lowest BCUT2D eigenvalue weighted by atomic mass is 9.81. The quantitative estimate of drug-likeness (QED) is 0.0760. The molecule has 0 spiro atoms. The third-order valence-electron chi connectivity index (χ3n) is 10.6. The number of phenols is 1. The lowest BCUT2D eigenvalue weighted by molar-refractivity contribution is -0.000815. The van der Waals surface area contributed by atoms with Gasteiger partial charge in [0, 0.05) is 31.1 Å². The van der Waals surface area contributed by atoms with Gasteiger partial charge in [0.25, 0.3) is 5.91 Å². The Kier molecular flexibility index (Phi) is 11.8. The number of hydrogen-bond donors (Lipinski definition) is 6. The molecule has 14 nitrogen and oxygen atoms in total. The summed E-state index contributed by atoms with van der Waals surface area (Å²) in [6.45, 7) is 4.02. The number of carbonyl (C=O) groups is 2. The first-order valence-electron chi connectivity index (χ1n) is 18.7. The molecular weight excluding hydrogens is 704 g/mol. The van der Waals surface area contributed by atoms with Gasteiger partial charge in [0.05, 0.1) is 23.7 Å². The van der Waals surface area contributed by atoms with E-state index < -0.39 is 18.2 Å². The molecule has 0 aliphatic carbocycles. The molecule has 3 saturated heterocycles. The normalized spacial score (nSPS) is 18.8. The number of aliphatic hydroxyl groups excluding tert-OH is 1. The molecule has 5 aromatic rings. The average Bonchev–Trinajstić information content (AvgIpc) is 3.69. The van der Waals surface area contributed by atoms with Gasteiger partial charge in [-0.15, -0.1) is 0 Å². The molecule has 2 unspecified atom stereocenters. The van der Waals surface area contributed by atoms with Crippen molar-refractivity contribution in [1.29, 1.82) is 0 Å². The number of phenolic OH excluding ortho intramolecular Hbond substituents is 1. The van der Waals surface area contributed by atoms with E-state index in [1.807, 2.05) is 48.5 Å². The molecule has 2 aromatic heterocycles. The van der Waals surface area contributed by atoms with Gasteiger partial charge in [0.2, 0.25) is 11.4 Å². The van der Waals surface area contributed by atoms with E-state index in [0.29, 0.717) is 42.1 Å². The smallest absolute Gasteiger partial charge is 0.408 e. The van der Waals surface area contributed by atoms with Crippen LogP contribution in [0, 0.1) is 5.92 Å². The molecule has 288 valence electrons. The number of carboxylic acid groups (broad SMARTS) is 1. The highest BCUT2D eigenvalue weighted by Crippen LogP contribution is 2.39.